The minimum Gasteiger partial charge on any atom is -0.497 e. The molecule has 2 aromatic rings. The van der Waals surface area contributed by atoms with E-state index in [4.69, 9.17) is 14.2 Å². The second-order valence-electron chi connectivity index (χ2n) is 7.21. The molecule has 6 heteroatoms. The second-order valence-corrected chi connectivity index (χ2v) is 7.21. The number of amides is 1. The van der Waals surface area contributed by atoms with Gasteiger partial charge in [0, 0.05) is 6.54 Å². The van der Waals surface area contributed by atoms with E-state index in [-0.39, 0.29) is 11.9 Å². The summed E-state index contributed by atoms with van der Waals surface area (Å²) in [6.07, 6.45) is 1.80. The molecule has 0 spiro atoms. The number of nitrogens with one attached hydrogen (secondary N) is 1. The minimum atomic E-state index is -0.585. The van der Waals surface area contributed by atoms with Crippen molar-refractivity contribution >= 4 is 5.91 Å². The van der Waals surface area contributed by atoms with Gasteiger partial charge in [-0.1, -0.05) is 12.1 Å². The van der Waals surface area contributed by atoms with Crippen LogP contribution in [0.1, 0.15) is 31.4 Å². The van der Waals surface area contributed by atoms with Crippen LogP contribution in [-0.2, 0) is 4.79 Å². The topological polar surface area (TPSA) is 60.0 Å². The zero-order valence-electron chi connectivity index (χ0n) is 17.4. The van der Waals surface area contributed by atoms with Crippen molar-refractivity contribution in [3.8, 4) is 17.2 Å². The SMILES string of the molecule is COc1ccc(OC(C)C(=O)NCC(c2ccc(OC)cc2)N2CCCC2)cc1. The Morgan fingerprint density at radius 1 is 0.931 bits per heavy atom. The predicted molar refractivity (Wildman–Crippen MR) is 113 cm³/mol. The van der Waals surface area contributed by atoms with Gasteiger partial charge in [-0.2, -0.15) is 0 Å². The van der Waals surface area contributed by atoms with E-state index < -0.39 is 6.10 Å². The maximum atomic E-state index is 12.6. The van der Waals surface area contributed by atoms with Crippen molar-refractivity contribution in [3.63, 3.8) is 0 Å². The van der Waals surface area contributed by atoms with Crippen LogP contribution < -0.4 is 19.5 Å². The Labute approximate surface area is 172 Å². The predicted octanol–water partition coefficient (Wildman–Crippen LogP) is 3.42. The lowest BCUT2D eigenvalue weighted by atomic mass is 10.1. The fourth-order valence-corrected chi connectivity index (χ4v) is 3.59. The lowest BCUT2D eigenvalue weighted by Crippen LogP contribution is -2.42. The molecule has 3 rings (SSSR count). The van der Waals surface area contributed by atoms with Gasteiger partial charge in [-0.25, -0.2) is 0 Å². The summed E-state index contributed by atoms with van der Waals surface area (Å²) in [5.41, 5.74) is 1.18. The molecular formula is C23H30N2O4. The number of hydrogen-bond acceptors (Lipinski definition) is 5. The summed E-state index contributed by atoms with van der Waals surface area (Å²) in [7, 11) is 3.28. The Morgan fingerprint density at radius 3 is 2.00 bits per heavy atom. The van der Waals surface area contributed by atoms with Crippen LogP contribution in [0.3, 0.4) is 0 Å². The van der Waals surface area contributed by atoms with Gasteiger partial charge < -0.3 is 19.5 Å². The van der Waals surface area contributed by atoms with E-state index in [1.54, 1.807) is 33.3 Å². The van der Waals surface area contributed by atoms with Crippen molar-refractivity contribution in [2.75, 3.05) is 33.9 Å². The van der Waals surface area contributed by atoms with Crippen LogP contribution in [0.4, 0.5) is 0 Å². The molecular weight excluding hydrogens is 368 g/mol. The number of likely N-dealkylation sites (tertiary alicyclic amines) is 1. The van der Waals surface area contributed by atoms with Gasteiger partial charge in [0.2, 0.25) is 0 Å². The number of nitrogens with zero attached hydrogens (tertiary/aromatic N) is 1. The van der Waals surface area contributed by atoms with Crippen molar-refractivity contribution in [2.24, 2.45) is 0 Å². The number of carbonyl (C=O) groups excluding carboxylic acids is 1. The smallest absolute Gasteiger partial charge is 0.260 e. The number of hydrogen-bond donors (Lipinski definition) is 1. The van der Waals surface area contributed by atoms with Gasteiger partial charge in [0.1, 0.15) is 17.2 Å². The third-order valence-electron chi connectivity index (χ3n) is 5.29. The summed E-state index contributed by atoms with van der Waals surface area (Å²) in [6.45, 7) is 4.40. The number of ether oxygens (including phenoxy) is 3. The molecule has 1 saturated heterocycles. The van der Waals surface area contributed by atoms with E-state index in [1.807, 2.05) is 24.3 Å². The first-order valence-corrected chi connectivity index (χ1v) is 10.1. The van der Waals surface area contributed by atoms with Crippen LogP contribution in [0.25, 0.3) is 0 Å². The van der Waals surface area contributed by atoms with Crippen molar-refractivity contribution < 1.29 is 19.0 Å². The van der Waals surface area contributed by atoms with Crippen LogP contribution in [0.5, 0.6) is 17.2 Å². The molecule has 0 radical (unpaired) electrons. The van der Waals surface area contributed by atoms with Gasteiger partial charge in [-0.3, -0.25) is 9.69 Å². The normalized spacial score (nSPS) is 16.1. The van der Waals surface area contributed by atoms with E-state index >= 15 is 0 Å². The third-order valence-corrected chi connectivity index (χ3v) is 5.29. The molecule has 1 aliphatic rings. The fourth-order valence-electron chi connectivity index (χ4n) is 3.59. The first-order chi connectivity index (χ1) is 14.1. The van der Waals surface area contributed by atoms with E-state index in [9.17, 15) is 4.79 Å². The number of benzene rings is 2. The molecule has 1 N–H and O–H groups in total. The Balaban J connectivity index is 1.60. The third kappa shape index (κ3) is 5.64. The molecule has 1 fully saturated rings. The van der Waals surface area contributed by atoms with E-state index in [0.29, 0.717) is 12.3 Å². The van der Waals surface area contributed by atoms with Gasteiger partial charge in [-0.05, 0) is 74.8 Å². The second kappa shape index (κ2) is 10.2. The number of rotatable bonds is 9. The van der Waals surface area contributed by atoms with Crippen molar-refractivity contribution in [1.29, 1.82) is 0 Å². The largest absolute Gasteiger partial charge is 0.497 e. The number of methoxy groups -OCH3 is 2. The zero-order valence-corrected chi connectivity index (χ0v) is 17.4. The molecule has 1 heterocycles. The van der Waals surface area contributed by atoms with E-state index in [0.717, 1.165) is 24.6 Å². The molecule has 29 heavy (non-hydrogen) atoms. The lowest BCUT2D eigenvalue weighted by molar-refractivity contribution is -0.127. The molecule has 0 aliphatic carbocycles. The van der Waals surface area contributed by atoms with Crippen LogP contribution in [-0.4, -0.2) is 50.8 Å². The molecule has 0 aromatic heterocycles. The summed E-state index contributed by atoms with van der Waals surface area (Å²) >= 11 is 0. The molecule has 0 bridgehead atoms. The van der Waals surface area contributed by atoms with Crippen LogP contribution in [0, 0.1) is 0 Å². The highest BCUT2D eigenvalue weighted by Crippen LogP contribution is 2.26. The summed E-state index contributed by atoms with van der Waals surface area (Å²) < 4.78 is 16.2. The maximum Gasteiger partial charge on any atom is 0.260 e. The lowest BCUT2D eigenvalue weighted by Gasteiger charge is -2.29. The summed E-state index contributed by atoms with van der Waals surface area (Å²) in [5, 5.41) is 3.07. The van der Waals surface area contributed by atoms with Crippen LogP contribution in [0.15, 0.2) is 48.5 Å². The molecule has 2 atom stereocenters. The van der Waals surface area contributed by atoms with Gasteiger partial charge in [0.15, 0.2) is 6.10 Å². The summed E-state index contributed by atoms with van der Waals surface area (Å²) in [4.78, 5) is 15.0. The van der Waals surface area contributed by atoms with E-state index in [2.05, 4.69) is 22.3 Å². The molecule has 2 unspecified atom stereocenters. The quantitative estimate of drug-likeness (QED) is 0.701. The number of carbonyl (C=O) groups is 1. The standard InChI is InChI=1S/C23H30N2O4/c1-17(29-21-12-10-20(28-3)11-13-21)23(26)24-16-22(25-14-4-5-15-25)18-6-8-19(27-2)9-7-18/h6-13,17,22H,4-5,14-16H2,1-3H3,(H,24,26). The van der Waals surface area contributed by atoms with Crippen LogP contribution in [0.2, 0.25) is 0 Å². The Kier molecular flexibility index (Phi) is 7.36. The molecule has 1 amide bonds. The molecule has 2 aromatic carbocycles. The monoisotopic (exact) mass is 398 g/mol. The van der Waals surface area contributed by atoms with Crippen molar-refractivity contribution in [3.05, 3.63) is 54.1 Å². The average Bonchev–Trinajstić information content (AvgIpc) is 3.29. The minimum absolute atomic E-state index is 0.126. The molecule has 6 nitrogen and oxygen atoms in total. The molecule has 1 aliphatic heterocycles. The Hall–Kier alpha value is -2.73. The molecule has 0 saturated carbocycles. The maximum absolute atomic E-state index is 12.6. The first-order valence-electron chi connectivity index (χ1n) is 10.1. The first kappa shape index (κ1) is 21.0. The highest BCUT2D eigenvalue weighted by molar-refractivity contribution is 5.80. The zero-order chi connectivity index (χ0) is 20.6. The van der Waals surface area contributed by atoms with Crippen molar-refractivity contribution in [2.45, 2.75) is 31.9 Å². The highest BCUT2D eigenvalue weighted by Gasteiger charge is 2.25. The summed E-state index contributed by atoms with van der Waals surface area (Å²) in [6, 6.07) is 15.4. The van der Waals surface area contributed by atoms with Gasteiger partial charge in [0.25, 0.3) is 5.91 Å². The van der Waals surface area contributed by atoms with Crippen LogP contribution >= 0.6 is 0 Å². The van der Waals surface area contributed by atoms with E-state index in [1.165, 1.54) is 18.4 Å². The Morgan fingerprint density at radius 2 is 1.45 bits per heavy atom. The summed E-state index contributed by atoms with van der Waals surface area (Å²) in [5.74, 6) is 2.10. The Bertz CT molecular complexity index is 770. The fraction of sp³-hybridized carbons (Fsp3) is 0.435. The average molecular weight is 399 g/mol. The molecule has 156 valence electrons. The van der Waals surface area contributed by atoms with Gasteiger partial charge in [-0.15, -0.1) is 0 Å². The van der Waals surface area contributed by atoms with Crippen molar-refractivity contribution in [1.82, 2.24) is 10.2 Å². The van der Waals surface area contributed by atoms with Gasteiger partial charge >= 0.3 is 0 Å². The van der Waals surface area contributed by atoms with Gasteiger partial charge in [0.05, 0.1) is 20.3 Å². The highest BCUT2D eigenvalue weighted by atomic mass is 16.5.